The molecule has 10 aromatic carbocycles. The highest BCUT2D eigenvalue weighted by Gasteiger charge is 2.17. The molecule has 1 aromatic heterocycles. The van der Waals surface area contributed by atoms with Crippen LogP contribution >= 0.6 is 11.3 Å². The zero-order valence-corrected chi connectivity index (χ0v) is 30.2. The van der Waals surface area contributed by atoms with Crippen molar-refractivity contribution in [2.75, 3.05) is 4.90 Å². The third-order valence-corrected chi connectivity index (χ3v) is 12.2. The Morgan fingerprint density at radius 2 is 0.870 bits per heavy atom. The highest BCUT2D eigenvalue weighted by atomic mass is 32.1. The van der Waals surface area contributed by atoms with Gasteiger partial charge in [-0.3, -0.25) is 0 Å². The van der Waals surface area contributed by atoms with Gasteiger partial charge < -0.3 is 4.90 Å². The van der Waals surface area contributed by atoms with E-state index < -0.39 is 0 Å². The van der Waals surface area contributed by atoms with Crippen LogP contribution in [0.2, 0.25) is 0 Å². The van der Waals surface area contributed by atoms with Gasteiger partial charge in [0, 0.05) is 37.2 Å². The molecule has 11 rings (SSSR count). The second-order valence-electron chi connectivity index (χ2n) is 14.1. The van der Waals surface area contributed by atoms with Crippen molar-refractivity contribution in [2.45, 2.75) is 0 Å². The van der Waals surface area contributed by atoms with E-state index in [4.69, 9.17) is 0 Å². The molecular formula is C52H33NS. The summed E-state index contributed by atoms with van der Waals surface area (Å²) in [6.07, 6.45) is 0. The first-order valence-electron chi connectivity index (χ1n) is 18.5. The number of hydrogen-bond donors (Lipinski definition) is 0. The highest BCUT2D eigenvalue weighted by Crippen LogP contribution is 2.43. The van der Waals surface area contributed by atoms with Crippen LogP contribution in [0.25, 0.3) is 85.5 Å². The molecule has 1 nitrogen and oxygen atoms in total. The van der Waals surface area contributed by atoms with Crippen LogP contribution in [0.4, 0.5) is 17.1 Å². The van der Waals surface area contributed by atoms with Gasteiger partial charge in [0.25, 0.3) is 0 Å². The van der Waals surface area contributed by atoms with Crippen LogP contribution in [-0.2, 0) is 0 Å². The van der Waals surface area contributed by atoms with Gasteiger partial charge in [0.1, 0.15) is 0 Å². The van der Waals surface area contributed by atoms with Gasteiger partial charge >= 0.3 is 0 Å². The predicted octanol–water partition coefficient (Wildman–Crippen LogP) is 15.5. The first-order chi connectivity index (χ1) is 26.8. The van der Waals surface area contributed by atoms with E-state index in [1.807, 2.05) is 11.3 Å². The zero-order valence-electron chi connectivity index (χ0n) is 29.4. The molecule has 2 heteroatoms. The standard InChI is InChI=1S/C52H33NS/c1-2-10-34(11-3-1)35-20-25-40(26-21-35)53(42-29-30-44-38(32-42)24-31-50-52(44)47-16-8-9-17-49(47)54-50)41-27-22-37(23-28-41)48-33-39-19-18-36-12-4-5-13-43(36)51(39)46-15-7-6-14-45(46)48/h1-33H. The molecule has 11 aromatic rings. The van der Waals surface area contributed by atoms with Crippen molar-refractivity contribution in [3.8, 4) is 22.3 Å². The first kappa shape index (κ1) is 30.8. The second-order valence-corrected chi connectivity index (χ2v) is 15.2. The molecule has 0 aliphatic rings. The summed E-state index contributed by atoms with van der Waals surface area (Å²) in [5, 5.41) is 12.9. The summed E-state index contributed by atoms with van der Waals surface area (Å²) < 4.78 is 2.66. The molecule has 0 atom stereocenters. The number of thiophene rings is 1. The van der Waals surface area contributed by atoms with Gasteiger partial charge in [0.15, 0.2) is 0 Å². The third-order valence-electron chi connectivity index (χ3n) is 11.0. The van der Waals surface area contributed by atoms with Crippen molar-refractivity contribution in [3.63, 3.8) is 0 Å². The van der Waals surface area contributed by atoms with E-state index in [2.05, 4.69) is 205 Å². The lowest BCUT2D eigenvalue weighted by Gasteiger charge is -2.26. The summed E-state index contributed by atoms with van der Waals surface area (Å²) in [5.74, 6) is 0. The lowest BCUT2D eigenvalue weighted by Crippen LogP contribution is -2.09. The molecule has 0 bridgehead atoms. The molecule has 1 heterocycles. The molecule has 0 N–H and O–H groups in total. The maximum atomic E-state index is 2.39. The predicted molar refractivity (Wildman–Crippen MR) is 235 cm³/mol. The quantitative estimate of drug-likeness (QED) is 0.161. The van der Waals surface area contributed by atoms with Crippen LogP contribution < -0.4 is 4.90 Å². The molecule has 0 saturated heterocycles. The normalized spacial score (nSPS) is 11.7. The smallest absolute Gasteiger partial charge is 0.0468 e. The fourth-order valence-corrected chi connectivity index (χ4v) is 9.59. The number of hydrogen-bond acceptors (Lipinski definition) is 2. The average Bonchev–Trinajstić information content (AvgIpc) is 3.63. The van der Waals surface area contributed by atoms with Gasteiger partial charge in [-0.15, -0.1) is 11.3 Å². The Morgan fingerprint density at radius 1 is 0.296 bits per heavy atom. The Morgan fingerprint density at radius 3 is 1.67 bits per heavy atom. The van der Waals surface area contributed by atoms with Crippen molar-refractivity contribution in [3.05, 3.63) is 200 Å². The minimum atomic E-state index is 1.11. The number of benzene rings is 10. The molecule has 0 amide bonds. The summed E-state index contributed by atoms with van der Waals surface area (Å²) in [6.45, 7) is 0. The molecule has 0 unspecified atom stereocenters. The van der Waals surface area contributed by atoms with Gasteiger partial charge in [-0.25, -0.2) is 0 Å². The molecular weight excluding hydrogens is 671 g/mol. The van der Waals surface area contributed by atoms with Crippen molar-refractivity contribution in [2.24, 2.45) is 0 Å². The largest absolute Gasteiger partial charge is 0.310 e. The lowest BCUT2D eigenvalue weighted by atomic mass is 9.90. The average molecular weight is 704 g/mol. The molecule has 0 saturated carbocycles. The maximum absolute atomic E-state index is 2.39. The molecule has 0 aliphatic heterocycles. The van der Waals surface area contributed by atoms with Crippen LogP contribution in [-0.4, -0.2) is 0 Å². The van der Waals surface area contributed by atoms with E-state index >= 15 is 0 Å². The summed E-state index contributed by atoms with van der Waals surface area (Å²) in [6, 6.07) is 73.5. The van der Waals surface area contributed by atoms with Crippen LogP contribution in [0, 0.1) is 0 Å². The van der Waals surface area contributed by atoms with Crippen LogP contribution in [0.1, 0.15) is 0 Å². The van der Waals surface area contributed by atoms with Gasteiger partial charge in [0.2, 0.25) is 0 Å². The Kier molecular flexibility index (Phi) is 7.11. The van der Waals surface area contributed by atoms with E-state index in [0.29, 0.717) is 0 Å². The fraction of sp³-hybridized carbons (Fsp3) is 0. The minimum Gasteiger partial charge on any atom is -0.310 e. The first-order valence-corrected chi connectivity index (χ1v) is 19.3. The van der Waals surface area contributed by atoms with Crippen LogP contribution in [0.5, 0.6) is 0 Å². The Balaban J connectivity index is 1.06. The van der Waals surface area contributed by atoms with Crippen molar-refractivity contribution in [1.29, 1.82) is 0 Å². The molecule has 0 radical (unpaired) electrons. The number of fused-ring (bicyclic) bond motifs is 10. The number of rotatable bonds is 5. The van der Waals surface area contributed by atoms with Crippen molar-refractivity contribution < 1.29 is 0 Å². The van der Waals surface area contributed by atoms with Gasteiger partial charge in [-0.1, -0.05) is 146 Å². The van der Waals surface area contributed by atoms with E-state index in [0.717, 1.165) is 17.1 Å². The van der Waals surface area contributed by atoms with E-state index in [-0.39, 0.29) is 0 Å². The zero-order chi connectivity index (χ0) is 35.6. The molecule has 252 valence electrons. The number of nitrogens with zero attached hydrogens (tertiary/aromatic N) is 1. The van der Waals surface area contributed by atoms with Gasteiger partial charge in [0.05, 0.1) is 0 Å². The molecule has 0 spiro atoms. The molecule has 0 aliphatic carbocycles. The van der Waals surface area contributed by atoms with Crippen LogP contribution in [0.15, 0.2) is 200 Å². The fourth-order valence-electron chi connectivity index (χ4n) is 8.47. The topological polar surface area (TPSA) is 3.24 Å². The minimum absolute atomic E-state index is 1.11. The second kappa shape index (κ2) is 12.4. The number of anilines is 3. The molecule has 0 fully saturated rings. The Labute approximate surface area is 317 Å². The summed E-state index contributed by atoms with van der Waals surface area (Å²) in [4.78, 5) is 2.39. The summed E-state index contributed by atoms with van der Waals surface area (Å²) >= 11 is 1.87. The maximum Gasteiger partial charge on any atom is 0.0468 e. The Hall–Kier alpha value is -6.74. The van der Waals surface area contributed by atoms with E-state index in [1.54, 1.807) is 0 Å². The molecule has 54 heavy (non-hydrogen) atoms. The van der Waals surface area contributed by atoms with E-state index in [9.17, 15) is 0 Å². The van der Waals surface area contributed by atoms with Crippen LogP contribution in [0.3, 0.4) is 0 Å². The van der Waals surface area contributed by atoms with Gasteiger partial charge in [-0.05, 0) is 120 Å². The van der Waals surface area contributed by atoms with Gasteiger partial charge in [-0.2, -0.15) is 0 Å². The SMILES string of the molecule is c1ccc(-c2ccc(N(c3ccc(-c4cc5ccc6ccccc6c5c5ccccc45)cc3)c3ccc4c(ccc5sc6ccccc6c54)c3)cc2)cc1. The Bertz CT molecular complexity index is 3190. The summed E-state index contributed by atoms with van der Waals surface area (Å²) in [7, 11) is 0. The van der Waals surface area contributed by atoms with Crippen molar-refractivity contribution in [1.82, 2.24) is 0 Å². The van der Waals surface area contributed by atoms with Crippen molar-refractivity contribution >= 4 is 91.7 Å². The van der Waals surface area contributed by atoms with E-state index in [1.165, 1.54) is 85.5 Å². The lowest BCUT2D eigenvalue weighted by molar-refractivity contribution is 1.29. The summed E-state index contributed by atoms with van der Waals surface area (Å²) in [5.41, 5.74) is 8.23. The monoisotopic (exact) mass is 703 g/mol. The third kappa shape index (κ3) is 4.99. The highest BCUT2D eigenvalue weighted by molar-refractivity contribution is 7.26.